The first kappa shape index (κ1) is 15.7. The quantitative estimate of drug-likeness (QED) is 0.729. The van der Waals surface area contributed by atoms with Crippen molar-refractivity contribution >= 4 is 23.7 Å². The van der Waals surface area contributed by atoms with Crippen LogP contribution in [-0.4, -0.2) is 47.1 Å². The fraction of sp³-hybridized carbons (Fsp3) is 0.429. The molecule has 0 spiro atoms. The summed E-state index contributed by atoms with van der Waals surface area (Å²) >= 11 is 1.50. The highest BCUT2D eigenvalue weighted by Crippen LogP contribution is 2.35. The molecule has 2 rings (SSSR count). The normalized spacial score (nSPS) is 24.7. The number of thioether (sulfide) groups is 1. The Balaban J connectivity index is 2.09. The lowest BCUT2D eigenvalue weighted by atomic mass is 9.96. The molecule has 114 valence electrons. The van der Waals surface area contributed by atoms with E-state index in [9.17, 15) is 9.59 Å². The fourth-order valence-corrected chi connectivity index (χ4v) is 3.69. The first-order valence-corrected chi connectivity index (χ1v) is 7.38. The summed E-state index contributed by atoms with van der Waals surface area (Å²) < 4.78 is 5.08. The van der Waals surface area contributed by atoms with E-state index < -0.39 is 23.9 Å². The van der Waals surface area contributed by atoms with E-state index in [4.69, 9.17) is 14.9 Å². The van der Waals surface area contributed by atoms with Crippen LogP contribution in [0.3, 0.4) is 0 Å². The van der Waals surface area contributed by atoms with Gasteiger partial charge in [0.2, 0.25) is 0 Å². The number of benzene rings is 1. The summed E-state index contributed by atoms with van der Waals surface area (Å²) in [6, 6.07) is 6.61. The number of carboxylic acid groups (broad SMARTS) is 2. The summed E-state index contributed by atoms with van der Waals surface area (Å²) in [5, 5.41) is 21.0. The molecular formula is C14H17NO5S. The van der Waals surface area contributed by atoms with Gasteiger partial charge in [0.15, 0.2) is 0 Å². The number of methoxy groups -OCH3 is 1. The van der Waals surface area contributed by atoms with Gasteiger partial charge in [-0.1, -0.05) is 0 Å². The third-order valence-corrected chi connectivity index (χ3v) is 4.83. The SMILES string of the molecule is COc1ccc(SC2CN[C@H](C(=O)O)[C@H]2CC(=O)O)cc1. The zero-order chi connectivity index (χ0) is 15.4. The van der Waals surface area contributed by atoms with Gasteiger partial charge in [0, 0.05) is 22.6 Å². The Morgan fingerprint density at radius 3 is 2.52 bits per heavy atom. The second-order valence-electron chi connectivity index (χ2n) is 4.82. The molecule has 7 heteroatoms. The number of carboxylic acids is 2. The predicted octanol–water partition coefficient (Wildman–Crippen LogP) is 1.30. The third-order valence-electron chi connectivity index (χ3n) is 3.47. The number of aliphatic carboxylic acids is 2. The number of ether oxygens (including phenoxy) is 1. The Morgan fingerprint density at radius 1 is 1.33 bits per heavy atom. The minimum Gasteiger partial charge on any atom is -0.497 e. The van der Waals surface area contributed by atoms with E-state index in [2.05, 4.69) is 5.32 Å². The van der Waals surface area contributed by atoms with Crippen LogP contribution in [0.1, 0.15) is 6.42 Å². The second-order valence-corrected chi connectivity index (χ2v) is 6.13. The van der Waals surface area contributed by atoms with Gasteiger partial charge in [-0.3, -0.25) is 9.59 Å². The van der Waals surface area contributed by atoms with Crippen LogP contribution in [-0.2, 0) is 9.59 Å². The molecule has 0 aromatic heterocycles. The lowest BCUT2D eigenvalue weighted by molar-refractivity contribution is -0.141. The molecule has 0 bridgehead atoms. The first-order chi connectivity index (χ1) is 10.0. The molecular weight excluding hydrogens is 294 g/mol. The van der Waals surface area contributed by atoms with Gasteiger partial charge >= 0.3 is 11.9 Å². The van der Waals surface area contributed by atoms with Crippen molar-refractivity contribution in [1.29, 1.82) is 0 Å². The van der Waals surface area contributed by atoms with Crippen molar-refractivity contribution < 1.29 is 24.5 Å². The molecule has 0 radical (unpaired) electrons. The molecule has 1 heterocycles. The molecule has 1 aliphatic rings. The minimum absolute atomic E-state index is 0.0874. The molecule has 21 heavy (non-hydrogen) atoms. The summed E-state index contributed by atoms with van der Waals surface area (Å²) in [5.41, 5.74) is 0. The molecule has 3 N–H and O–H groups in total. The Kier molecular flexibility index (Phi) is 5.08. The van der Waals surface area contributed by atoms with Crippen LogP contribution in [0.15, 0.2) is 29.2 Å². The third kappa shape index (κ3) is 3.89. The smallest absolute Gasteiger partial charge is 0.321 e. The summed E-state index contributed by atoms with van der Waals surface area (Å²) in [6.45, 7) is 0.478. The van der Waals surface area contributed by atoms with Crippen LogP contribution in [0, 0.1) is 5.92 Å². The predicted molar refractivity (Wildman–Crippen MR) is 77.8 cm³/mol. The van der Waals surface area contributed by atoms with Crippen LogP contribution in [0.2, 0.25) is 0 Å². The van der Waals surface area contributed by atoms with Crippen LogP contribution in [0.25, 0.3) is 0 Å². The van der Waals surface area contributed by atoms with Crippen molar-refractivity contribution in [3.8, 4) is 5.75 Å². The zero-order valence-electron chi connectivity index (χ0n) is 11.5. The first-order valence-electron chi connectivity index (χ1n) is 6.50. The van der Waals surface area contributed by atoms with Crippen LogP contribution >= 0.6 is 11.8 Å². The van der Waals surface area contributed by atoms with E-state index in [1.807, 2.05) is 24.3 Å². The Labute approximate surface area is 126 Å². The summed E-state index contributed by atoms with van der Waals surface area (Å²) in [4.78, 5) is 23.1. The Hall–Kier alpha value is -1.73. The molecule has 1 aromatic carbocycles. The number of carbonyl (C=O) groups is 2. The largest absolute Gasteiger partial charge is 0.497 e. The van der Waals surface area contributed by atoms with E-state index in [0.29, 0.717) is 6.54 Å². The molecule has 3 atom stereocenters. The standard InChI is InChI=1S/C14H17NO5S/c1-20-8-2-4-9(5-3-8)21-11-7-15-13(14(18)19)10(11)6-12(16)17/h2-5,10-11,13,15H,6-7H2,1H3,(H,16,17)(H,18,19)/t10-,11?,13-/m0/s1. The van der Waals surface area contributed by atoms with Gasteiger partial charge in [0.05, 0.1) is 13.5 Å². The van der Waals surface area contributed by atoms with Crippen molar-refractivity contribution in [1.82, 2.24) is 5.32 Å². The molecule has 6 nitrogen and oxygen atoms in total. The summed E-state index contributed by atoms with van der Waals surface area (Å²) in [7, 11) is 1.59. The Morgan fingerprint density at radius 2 is 2.00 bits per heavy atom. The maximum Gasteiger partial charge on any atom is 0.321 e. The minimum atomic E-state index is -1.00. The van der Waals surface area contributed by atoms with Crippen molar-refractivity contribution in [3.63, 3.8) is 0 Å². The van der Waals surface area contributed by atoms with Crippen LogP contribution in [0.5, 0.6) is 5.75 Å². The van der Waals surface area contributed by atoms with Crippen LogP contribution in [0.4, 0.5) is 0 Å². The van der Waals surface area contributed by atoms with Gasteiger partial charge in [-0.25, -0.2) is 0 Å². The monoisotopic (exact) mass is 311 g/mol. The molecule has 0 aliphatic carbocycles. The molecule has 1 aromatic rings. The maximum atomic E-state index is 11.2. The number of hydrogen-bond acceptors (Lipinski definition) is 5. The fourth-order valence-electron chi connectivity index (χ4n) is 2.44. The van der Waals surface area contributed by atoms with E-state index >= 15 is 0 Å². The number of hydrogen-bond donors (Lipinski definition) is 3. The Bertz CT molecular complexity index is 519. The van der Waals surface area contributed by atoms with Gasteiger partial charge in [0.1, 0.15) is 11.8 Å². The summed E-state index contributed by atoms with van der Waals surface area (Å²) in [5.74, 6) is -1.67. The lowest BCUT2D eigenvalue weighted by Gasteiger charge is -2.19. The molecule has 0 saturated carbocycles. The zero-order valence-corrected chi connectivity index (χ0v) is 12.3. The van der Waals surface area contributed by atoms with Crippen molar-refractivity contribution in [2.24, 2.45) is 5.92 Å². The van der Waals surface area contributed by atoms with Gasteiger partial charge < -0.3 is 20.3 Å². The highest BCUT2D eigenvalue weighted by Gasteiger charge is 2.41. The lowest BCUT2D eigenvalue weighted by Crippen LogP contribution is -2.37. The van der Waals surface area contributed by atoms with Crippen molar-refractivity contribution in [2.75, 3.05) is 13.7 Å². The van der Waals surface area contributed by atoms with E-state index in [0.717, 1.165) is 10.6 Å². The van der Waals surface area contributed by atoms with Gasteiger partial charge in [-0.15, -0.1) is 11.8 Å². The van der Waals surface area contributed by atoms with Crippen molar-refractivity contribution in [3.05, 3.63) is 24.3 Å². The summed E-state index contributed by atoms with van der Waals surface area (Å²) in [6.07, 6.45) is -0.155. The van der Waals surface area contributed by atoms with Crippen LogP contribution < -0.4 is 10.1 Å². The second kappa shape index (κ2) is 6.82. The molecule has 1 saturated heterocycles. The number of rotatable bonds is 6. The average Bonchev–Trinajstić information content (AvgIpc) is 2.82. The van der Waals surface area contributed by atoms with E-state index in [1.165, 1.54) is 11.8 Å². The van der Waals surface area contributed by atoms with Crippen molar-refractivity contribution in [2.45, 2.75) is 22.6 Å². The maximum absolute atomic E-state index is 11.2. The van der Waals surface area contributed by atoms with Gasteiger partial charge in [0.25, 0.3) is 0 Å². The van der Waals surface area contributed by atoms with Gasteiger partial charge in [-0.05, 0) is 24.3 Å². The van der Waals surface area contributed by atoms with E-state index in [1.54, 1.807) is 7.11 Å². The molecule has 1 aliphatic heterocycles. The molecule has 1 unspecified atom stereocenters. The average molecular weight is 311 g/mol. The van der Waals surface area contributed by atoms with Gasteiger partial charge in [-0.2, -0.15) is 0 Å². The van der Waals surface area contributed by atoms with E-state index in [-0.39, 0.29) is 11.7 Å². The highest BCUT2D eigenvalue weighted by molar-refractivity contribution is 8.00. The highest BCUT2D eigenvalue weighted by atomic mass is 32.2. The number of nitrogens with one attached hydrogen (secondary N) is 1. The molecule has 0 amide bonds. The molecule has 1 fully saturated rings. The topological polar surface area (TPSA) is 95.9 Å².